The summed E-state index contributed by atoms with van der Waals surface area (Å²) >= 11 is 17.0. The van der Waals surface area contributed by atoms with Crippen LogP contribution in [0.2, 0.25) is 0 Å². The van der Waals surface area contributed by atoms with Gasteiger partial charge >= 0.3 is 0 Å². The van der Waals surface area contributed by atoms with Gasteiger partial charge in [0.25, 0.3) is 0 Å². The van der Waals surface area contributed by atoms with Crippen molar-refractivity contribution in [1.29, 1.82) is 0 Å². The van der Waals surface area contributed by atoms with Crippen LogP contribution in [0.5, 0.6) is 0 Å². The van der Waals surface area contributed by atoms with Crippen LogP contribution in [-0.4, -0.2) is 0 Å². The lowest BCUT2D eigenvalue weighted by Crippen LogP contribution is -1.87. The Morgan fingerprint density at radius 1 is 0.353 bits per heavy atom. The molecule has 0 amide bonds. The second-order valence-electron chi connectivity index (χ2n) is 18.4. The van der Waals surface area contributed by atoms with Crippen molar-refractivity contribution in [2.24, 2.45) is 0 Å². The van der Waals surface area contributed by atoms with Crippen LogP contribution >= 0.6 is 78.8 Å². The van der Waals surface area contributed by atoms with Crippen molar-refractivity contribution >= 4 is 99.8 Å². The quantitative estimate of drug-likeness (QED) is 0.0667. The molecule has 7 aromatic carbocycles. The smallest absolute Gasteiger partial charge is 0.0379 e. The van der Waals surface area contributed by atoms with E-state index >= 15 is 0 Å². The van der Waals surface area contributed by atoms with Crippen LogP contribution in [0.15, 0.2) is 176 Å². The summed E-state index contributed by atoms with van der Waals surface area (Å²) in [6, 6.07) is 59.9. The Balaban J connectivity index is 1.15. The Morgan fingerprint density at radius 3 is 1.10 bits per heavy atom. The first kappa shape index (κ1) is 49.5. The molecular weight excluding hydrogens is 1130 g/mol. The molecule has 0 aliphatic heterocycles. The van der Waals surface area contributed by atoms with Gasteiger partial charge in [0.15, 0.2) is 0 Å². The lowest BCUT2D eigenvalue weighted by atomic mass is 10.0. The molecule has 0 spiro atoms. The Hall–Kier alpha value is -3.46. The molecule has 2 heterocycles. The highest BCUT2D eigenvalue weighted by atomic mass is 79.9. The van der Waals surface area contributed by atoms with E-state index < -0.39 is 15.1 Å². The second-order valence-corrected chi connectivity index (χ2v) is 25.9. The summed E-state index contributed by atoms with van der Waals surface area (Å²) in [5.74, 6) is 0. The van der Waals surface area contributed by atoms with Gasteiger partial charge in [-0.1, -0.05) is 258 Å². The molecule has 346 valence electrons. The summed E-state index contributed by atoms with van der Waals surface area (Å²) in [4.78, 5) is 0. The van der Waals surface area contributed by atoms with Crippen molar-refractivity contribution in [3.05, 3.63) is 187 Å². The monoisotopic (exact) mass is 1180 g/mol. The molecular formula is C62H60Br4P2. The second kappa shape index (κ2) is 23.6. The molecule has 68 heavy (non-hydrogen) atoms. The van der Waals surface area contributed by atoms with Gasteiger partial charge in [0.1, 0.15) is 0 Å². The third-order valence-electron chi connectivity index (χ3n) is 13.6. The lowest BCUT2D eigenvalue weighted by molar-refractivity contribution is 0.607. The van der Waals surface area contributed by atoms with Crippen LogP contribution in [0.3, 0.4) is 0 Å². The summed E-state index contributed by atoms with van der Waals surface area (Å²) in [6.07, 6.45) is 18.1. The molecule has 0 fully saturated rings. The van der Waals surface area contributed by atoms with Gasteiger partial charge < -0.3 is 0 Å². The maximum absolute atomic E-state index is 4.25. The maximum atomic E-state index is 4.25. The molecule has 0 saturated carbocycles. The third kappa shape index (κ3) is 11.0. The first-order valence-corrected chi connectivity index (χ1v) is 30.7. The number of hydrogen-bond donors (Lipinski definition) is 0. The first-order chi connectivity index (χ1) is 33.3. The van der Waals surface area contributed by atoms with Gasteiger partial charge in [0.05, 0.1) is 0 Å². The molecule has 0 radical (unpaired) electrons. The van der Waals surface area contributed by atoms with Crippen molar-refractivity contribution in [3.8, 4) is 54.6 Å². The van der Waals surface area contributed by atoms with Gasteiger partial charge in [-0.3, -0.25) is 0 Å². The van der Waals surface area contributed by atoms with E-state index in [0.717, 1.165) is 21.8 Å². The molecule has 0 bridgehead atoms. The zero-order chi connectivity index (χ0) is 47.0. The molecule has 0 nitrogen and oxygen atoms in total. The summed E-state index contributed by atoms with van der Waals surface area (Å²) in [5, 5.41) is 10.8. The third-order valence-corrected chi connectivity index (χ3v) is 22.4. The Labute approximate surface area is 441 Å². The highest BCUT2D eigenvalue weighted by molar-refractivity contribution is 9.11. The predicted octanol–water partition coefficient (Wildman–Crippen LogP) is 23.5. The van der Waals surface area contributed by atoms with Crippen molar-refractivity contribution in [2.45, 2.75) is 104 Å². The molecule has 2 aromatic heterocycles. The van der Waals surface area contributed by atoms with E-state index in [1.165, 1.54) is 173 Å². The first-order valence-electron chi connectivity index (χ1n) is 24.8. The number of halogens is 4. The zero-order valence-electron chi connectivity index (χ0n) is 39.3. The molecule has 2 atom stereocenters. The zero-order valence-corrected chi connectivity index (χ0v) is 47.4. The average Bonchev–Trinajstić information content (AvgIpc) is 3.83. The van der Waals surface area contributed by atoms with Gasteiger partial charge in [0, 0.05) is 60.6 Å². The number of aryl methyl sites for hydroxylation is 2. The van der Waals surface area contributed by atoms with Gasteiger partial charge in [-0.2, -0.15) is 0 Å². The molecule has 9 aromatic rings. The Kier molecular flexibility index (Phi) is 17.2. The molecule has 0 aliphatic carbocycles. The summed E-state index contributed by atoms with van der Waals surface area (Å²) in [5.41, 5.74) is 10.3. The molecule has 0 aliphatic rings. The summed E-state index contributed by atoms with van der Waals surface area (Å²) in [7, 11) is -1.78. The SMILES string of the molecule is CCCCCCCCc1ccc(-p2c(-c3cc(Br)c(-c4c(Br)c5ccc(-c6ccccc6)cc5p4-c4ccc(CCCCCCCC)cc4)cc3Br)c(Br)c3ccc(-c4ccccc4)cc32)cc1. The van der Waals surface area contributed by atoms with E-state index in [4.69, 9.17) is 0 Å². The van der Waals surface area contributed by atoms with E-state index in [0.29, 0.717) is 0 Å². The summed E-state index contributed by atoms with van der Waals surface area (Å²) < 4.78 is 4.56. The minimum atomic E-state index is -0.891. The van der Waals surface area contributed by atoms with E-state index in [1.807, 2.05) is 0 Å². The van der Waals surface area contributed by atoms with Crippen LogP contribution in [0, 0.1) is 0 Å². The fourth-order valence-electron chi connectivity index (χ4n) is 9.88. The topological polar surface area (TPSA) is 0 Å². The van der Waals surface area contributed by atoms with Crippen molar-refractivity contribution in [2.75, 3.05) is 0 Å². The van der Waals surface area contributed by atoms with Crippen LogP contribution in [0.1, 0.15) is 102 Å². The number of unbranched alkanes of at least 4 members (excludes halogenated alkanes) is 10. The van der Waals surface area contributed by atoms with Crippen molar-refractivity contribution < 1.29 is 0 Å². The average molecular weight is 1190 g/mol. The Morgan fingerprint density at radius 2 is 0.721 bits per heavy atom. The molecule has 2 unspecified atom stereocenters. The van der Waals surface area contributed by atoms with Gasteiger partial charge in [-0.05, 0) is 126 Å². The van der Waals surface area contributed by atoms with Crippen molar-refractivity contribution in [1.82, 2.24) is 0 Å². The Bertz CT molecular complexity index is 2900. The normalized spacial score (nSPS) is 12.1. The number of hydrogen-bond acceptors (Lipinski definition) is 0. The highest BCUT2D eigenvalue weighted by Gasteiger charge is 2.26. The van der Waals surface area contributed by atoms with E-state index in [-0.39, 0.29) is 0 Å². The fourth-order valence-corrected chi connectivity index (χ4v) is 19.1. The van der Waals surface area contributed by atoms with Crippen LogP contribution in [0.25, 0.3) is 75.6 Å². The molecule has 9 rings (SSSR count). The highest BCUT2D eigenvalue weighted by Crippen LogP contribution is 2.64. The van der Waals surface area contributed by atoms with E-state index in [1.54, 1.807) is 0 Å². The lowest BCUT2D eigenvalue weighted by Gasteiger charge is -2.16. The maximum Gasteiger partial charge on any atom is 0.0379 e. The van der Waals surface area contributed by atoms with Gasteiger partial charge in [0.2, 0.25) is 0 Å². The predicted molar refractivity (Wildman–Crippen MR) is 316 cm³/mol. The minimum Gasteiger partial charge on any atom is -0.0760 e. The largest absolute Gasteiger partial charge is 0.0760 e. The van der Waals surface area contributed by atoms with E-state index in [9.17, 15) is 0 Å². The molecule has 0 N–H and O–H groups in total. The standard InChI is InChI=1S/C62H60Br4P2/c1-3-5-7-9-11-15-21-43-27-33-49(34-28-43)67-57-39-47(45-23-17-13-18-24-45)31-37-51(57)59(65)61(67)53-41-56(64)54(42-55(53)63)62-60(66)52-38-32-48(46-25-19-14-20-26-46)40-58(52)68(62)50-35-29-44(30-36-50)22-16-12-10-8-6-4-2/h13-14,17-20,23-42H,3-12,15-16,21-22H2,1-2H3. The van der Waals surface area contributed by atoms with Crippen LogP contribution in [-0.2, 0) is 12.8 Å². The van der Waals surface area contributed by atoms with E-state index in [2.05, 4.69) is 235 Å². The van der Waals surface area contributed by atoms with Crippen LogP contribution < -0.4 is 0 Å². The summed E-state index contributed by atoms with van der Waals surface area (Å²) in [6.45, 7) is 4.59. The number of rotatable bonds is 20. The van der Waals surface area contributed by atoms with Gasteiger partial charge in [-0.25, -0.2) is 0 Å². The fraction of sp³-hybridized carbons (Fsp3) is 0.258. The number of fused-ring (bicyclic) bond motifs is 2. The van der Waals surface area contributed by atoms with Gasteiger partial charge in [-0.15, -0.1) is 0 Å². The molecule has 6 heteroatoms. The molecule has 0 saturated heterocycles. The number of benzene rings is 7. The minimum absolute atomic E-state index is 0.891. The van der Waals surface area contributed by atoms with Crippen molar-refractivity contribution in [3.63, 3.8) is 0 Å². The van der Waals surface area contributed by atoms with Crippen LogP contribution in [0.4, 0.5) is 0 Å².